The molecule has 0 unspecified atom stereocenters. The van der Waals surface area contributed by atoms with E-state index in [1.165, 1.54) is 11.3 Å². The molecule has 0 saturated heterocycles. The molecule has 6 nitrogen and oxygen atoms in total. The summed E-state index contributed by atoms with van der Waals surface area (Å²) in [5.41, 5.74) is 0. The molecule has 0 fully saturated rings. The first-order chi connectivity index (χ1) is 10.1. The number of H-pyrrole nitrogens is 1. The van der Waals surface area contributed by atoms with E-state index in [1.54, 1.807) is 7.11 Å². The Morgan fingerprint density at radius 3 is 2.81 bits per heavy atom. The number of aromatic amines is 1. The van der Waals surface area contributed by atoms with Gasteiger partial charge in [0.2, 0.25) is 0 Å². The molecule has 0 spiro atoms. The SMILES string of the molecule is COc1ccc2sc(-c3n[nH]c(=O)o3)c(OC(C)C)c2c1. The Bertz CT molecular complexity index is 831. The third-order valence-electron chi connectivity index (χ3n) is 2.84. The molecule has 0 aliphatic carbocycles. The minimum absolute atomic E-state index is 0.0154. The maximum Gasteiger partial charge on any atom is 0.434 e. The van der Waals surface area contributed by atoms with Crippen LogP contribution < -0.4 is 15.2 Å². The fourth-order valence-corrected chi connectivity index (χ4v) is 3.04. The zero-order valence-electron chi connectivity index (χ0n) is 11.8. The molecule has 0 aliphatic heterocycles. The number of ether oxygens (including phenoxy) is 2. The van der Waals surface area contributed by atoms with Gasteiger partial charge in [0.1, 0.15) is 10.6 Å². The molecule has 21 heavy (non-hydrogen) atoms. The smallest absolute Gasteiger partial charge is 0.434 e. The first kappa shape index (κ1) is 13.7. The van der Waals surface area contributed by atoms with E-state index in [0.717, 1.165) is 15.8 Å². The van der Waals surface area contributed by atoms with Crippen molar-refractivity contribution in [2.75, 3.05) is 7.11 Å². The van der Waals surface area contributed by atoms with Crippen molar-refractivity contribution in [3.63, 3.8) is 0 Å². The minimum atomic E-state index is -0.587. The summed E-state index contributed by atoms with van der Waals surface area (Å²) >= 11 is 1.46. The highest BCUT2D eigenvalue weighted by molar-refractivity contribution is 7.22. The van der Waals surface area contributed by atoms with Crippen LogP contribution in [0.2, 0.25) is 0 Å². The van der Waals surface area contributed by atoms with Crippen molar-refractivity contribution >= 4 is 21.4 Å². The van der Waals surface area contributed by atoms with E-state index in [1.807, 2.05) is 32.0 Å². The number of thiophene rings is 1. The van der Waals surface area contributed by atoms with E-state index in [-0.39, 0.29) is 12.0 Å². The van der Waals surface area contributed by atoms with Gasteiger partial charge in [-0.1, -0.05) is 0 Å². The topological polar surface area (TPSA) is 77.4 Å². The number of fused-ring (bicyclic) bond motifs is 1. The molecule has 110 valence electrons. The van der Waals surface area contributed by atoms with Crippen molar-refractivity contribution in [2.24, 2.45) is 0 Å². The highest BCUT2D eigenvalue weighted by atomic mass is 32.1. The van der Waals surface area contributed by atoms with Crippen LogP contribution in [0, 0.1) is 0 Å². The lowest BCUT2D eigenvalue weighted by Gasteiger charge is -2.10. The normalized spacial score (nSPS) is 11.2. The molecule has 0 radical (unpaired) electrons. The summed E-state index contributed by atoms with van der Waals surface area (Å²) in [7, 11) is 1.62. The van der Waals surface area contributed by atoms with Gasteiger partial charge >= 0.3 is 5.76 Å². The highest BCUT2D eigenvalue weighted by Crippen LogP contribution is 2.45. The van der Waals surface area contributed by atoms with Gasteiger partial charge in [0, 0.05) is 10.1 Å². The van der Waals surface area contributed by atoms with Crippen LogP contribution in [-0.4, -0.2) is 23.4 Å². The molecule has 2 aromatic heterocycles. The van der Waals surface area contributed by atoms with Crippen LogP contribution in [0.4, 0.5) is 0 Å². The fraction of sp³-hybridized carbons (Fsp3) is 0.286. The third-order valence-corrected chi connectivity index (χ3v) is 3.98. The summed E-state index contributed by atoms with van der Waals surface area (Å²) < 4.78 is 17.2. The molecule has 0 amide bonds. The van der Waals surface area contributed by atoms with Crippen LogP contribution in [0.15, 0.2) is 27.4 Å². The zero-order valence-corrected chi connectivity index (χ0v) is 12.6. The van der Waals surface area contributed by atoms with Crippen molar-refractivity contribution in [3.8, 4) is 22.3 Å². The van der Waals surface area contributed by atoms with Gasteiger partial charge in [-0.3, -0.25) is 0 Å². The first-order valence-electron chi connectivity index (χ1n) is 6.41. The lowest BCUT2D eigenvalue weighted by molar-refractivity contribution is 0.247. The molecule has 0 atom stereocenters. The number of methoxy groups -OCH3 is 1. The highest BCUT2D eigenvalue weighted by Gasteiger charge is 2.21. The van der Waals surface area contributed by atoms with E-state index in [0.29, 0.717) is 10.6 Å². The van der Waals surface area contributed by atoms with Gasteiger partial charge < -0.3 is 13.9 Å². The predicted molar refractivity (Wildman–Crippen MR) is 80.3 cm³/mol. The lowest BCUT2D eigenvalue weighted by Crippen LogP contribution is -2.05. The third kappa shape index (κ3) is 2.52. The second kappa shape index (κ2) is 5.25. The Hall–Kier alpha value is -2.28. The van der Waals surface area contributed by atoms with Crippen LogP contribution in [0.3, 0.4) is 0 Å². The number of hydrogen-bond acceptors (Lipinski definition) is 6. The van der Waals surface area contributed by atoms with Gasteiger partial charge in [0.25, 0.3) is 5.89 Å². The van der Waals surface area contributed by atoms with Crippen molar-refractivity contribution in [2.45, 2.75) is 20.0 Å². The molecular weight excluding hydrogens is 292 g/mol. The van der Waals surface area contributed by atoms with Crippen LogP contribution in [-0.2, 0) is 0 Å². The Kier molecular flexibility index (Phi) is 3.42. The maximum absolute atomic E-state index is 11.2. The molecule has 0 aliphatic rings. The quantitative estimate of drug-likeness (QED) is 0.801. The number of aromatic nitrogens is 2. The molecule has 0 saturated carbocycles. The van der Waals surface area contributed by atoms with E-state index in [4.69, 9.17) is 13.9 Å². The summed E-state index contributed by atoms with van der Waals surface area (Å²) in [4.78, 5) is 11.9. The number of rotatable bonds is 4. The van der Waals surface area contributed by atoms with Crippen molar-refractivity contribution in [1.82, 2.24) is 10.2 Å². The van der Waals surface area contributed by atoms with Crippen LogP contribution in [0.1, 0.15) is 13.8 Å². The van der Waals surface area contributed by atoms with Gasteiger partial charge in [-0.05, 0) is 32.0 Å². The molecule has 3 aromatic rings. The van der Waals surface area contributed by atoms with Crippen LogP contribution in [0.5, 0.6) is 11.5 Å². The second-order valence-electron chi connectivity index (χ2n) is 4.71. The van der Waals surface area contributed by atoms with Crippen molar-refractivity contribution in [1.29, 1.82) is 0 Å². The monoisotopic (exact) mass is 306 g/mol. The Morgan fingerprint density at radius 1 is 1.38 bits per heavy atom. The Labute approximate surface area is 124 Å². The fourth-order valence-electron chi connectivity index (χ4n) is 2.00. The average Bonchev–Trinajstić information content (AvgIpc) is 3.02. The van der Waals surface area contributed by atoms with E-state index in [9.17, 15) is 4.79 Å². The molecule has 7 heteroatoms. The largest absolute Gasteiger partial charge is 0.497 e. The predicted octanol–water partition coefficient (Wildman–Crippen LogP) is 3.04. The average molecular weight is 306 g/mol. The lowest BCUT2D eigenvalue weighted by atomic mass is 10.2. The maximum atomic E-state index is 11.2. The molecular formula is C14H14N2O4S. The van der Waals surface area contributed by atoms with Gasteiger partial charge in [0.15, 0.2) is 5.75 Å². The molecule has 1 aromatic carbocycles. The first-order valence-corrected chi connectivity index (χ1v) is 7.23. The number of nitrogens with zero attached hydrogens (tertiary/aromatic N) is 1. The molecule has 1 N–H and O–H groups in total. The van der Waals surface area contributed by atoms with Crippen LogP contribution >= 0.6 is 11.3 Å². The Morgan fingerprint density at radius 2 is 2.19 bits per heavy atom. The standard InChI is InChI=1S/C14H14N2O4S/c1-7(2)19-11-9-6-8(18-3)4-5-10(9)21-12(11)13-15-16-14(17)20-13/h4-7H,1-3H3,(H,16,17). The van der Waals surface area contributed by atoms with Crippen molar-refractivity contribution in [3.05, 3.63) is 28.7 Å². The summed E-state index contributed by atoms with van der Waals surface area (Å²) in [5.74, 6) is 1.04. The van der Waals surface area contributed by atoms with Crippen molar-refractivity contribution < 1.29 is 13.9 Å². The molecule has 3 rings (SSSR count). The summed E-state index contributed by atoms with van der Waals surface area (Å²) in [6.45, 7) is 3.88. The van der Waals surface area contributed by atoms with Crippen LogP contribution in [0.25, 0.3) is 20.9 Å². The summed E-state index contributed by atoms with van der Waals surface area (Å²) in [6, 6.07) is 5.72. The second-order valence-corrected chi connectivity index (χ2v) is 5.76. The number of nitrogens with one attached hydrogen (secondary N) is 1. The molecule has 0 bridgehead atoms. The van der Waals surface area contributed by atoms with Gasteiger partial charge in [-0.25, -0.2) is 9.89 Å². The van der Waals surface area contributed by atoms with E-state index < -0.39 is 5.76 Å². The number of hydrogen-bond donors (Lipinski definition) is 1. The van der Waals surface area contributed by atoms with Gasteiger partial charge in [-0.15, -0.1) is 16.4 Å². The van der Waals surface area contributed by atoms with E-state index >= 15 is 0 Å². The number of benzene rings is 1. The zero-order chi connectivity index (χ0) is 15.0. The molecule has 2 heterocycles. The van der Waals surface area contributed by atoms with Gasteiger partial charge in [-0.2, -0.15) is 0 Å². The summed E-state index contributed by atoms with van der Waals surface area (Å²) in [5, 5.41) is 7.07. The minimum Gasteiger partial charge on any atom is -0.497 e. The Balaban J connectivity index is 2.25. The van der Waals surface area contributed by atoms with Gasteiger partial charge in [0.05, 0.1) is 13.2 Å². The van der Waals surface area contributed by atoms with E-state index in [2.05, 4.69) is 10.2 Å². The summed E-state index contributed by atoms with van der Waals surface area (Å²) in [6.07, 6.45) is -0.0154.